The minimum absolute atomic E-state index is 0.0652. The van der Waals surface area contributed by atoms with Gasteiger partial charge in [0, 0.05) is 75.4 Å². The molecule has 18 nitrogen and oxygen atoms in total. The number of imide groups is 1. The van der Waals surface area contributed by atoms with Gasteiger partial charge >= 0.3 is 5.69 Å². The SMILES string of the molecule is C[C@H]1CN(CC(=O)N2CCC(CN3CCC(c4ccc5c(c4)n(C4CCC(=O)NC4=O)c(=O)n5C)CC3)CC2)CCCN1c1nccc(-c2noc([C@@]3(C)CCCc4sc(N)c(C#N)c43)n2)n1. The van der Waals surface area contributed by atoms with Crippen molar-refractivity contribution in [3.8, 4) is 17.6 Å². The van der Waals surface area contributed by atoms with E-state index in [1.165, 1.54) is 16.9 Å². The number of imidazole rings is 1. The fourth-order valence-electron chi connectivity index (χ4n) is 11.5. The van der Waals surface area contributed by atoms with Crippen molar-refractivity contribution in [3.05, 3.63) is 68.4 Å². The number of aromatic nitrogens is 6. The number of anilines is 2. The first-order valence-electron chi connectivity index (χ1n) is 23.9. The average Bonchev–Trinajstić information content (AvgIpc) is 3.99. The number of benzene rings is 1. The normalized spacial score (nSPS) is 23.9. The third-order valence-electron chi connectivity index (χ3n) is 15.2. The first-order chi connectivity index (χ1) is 32.4. The predicted molar refractivity (Wildman–Crippen MR) is 252 cm³/mol. The number of aryl methyl sites for hydroxylation is 2. The molecule has 0 spiro atoms. The van der Waals surface area contributed by atoms with Gasteiger partial charge in [0.1, 0.15) is 22.8 Å². The number of fused-ring (bicyclic) bond motifs is 2. The summed E-state index contributed by atoms with van der Waals surface area (Å²) in [5, 5.41) is 17.2. The van der Waals surface area contributed by atoms with E-state index in [9.17, 15) is 24.4 Å². The summed E-state index contributed by atoms with van der Waals surface area (Å²) < 4.78 is 9.06. The molecule has 5 aliphatic rings. The summed E-state index contributed by atoms with van der Waals surface area (Å²) in [6, 6.07) is 9.66. The molecule has 0 bridgehead atoms. The highest BCUT2D eigenvalue weighted by atomic mass is 32.1. The first-order valence-corrected chi connectivity index (χ1v) is 24.7. The maximum atomic E-state index is 13.7. The van der Waals surface area contributed by atoms with Crippen molar-refractivity contribution in [2.24, 2.45) is 13.0 Å². The van der Waals surface area contributed by atoms with Crippen molar-refractivity contribution in [2.75, 3.05) is 69.5 Å². The van der Waals surface area contributed by atoms with Gasteiger partial charge in [0.25, 0.3) is 0 Å². The monoisotopic (exact) mass is 929 g/mol. The van der Waals surface area contributed by atoms with Crippen LogP contribution in [0.3, 0.4) is 0 Å². The van der Waals surface area contributed by atoms with E-state index < -0.39 is 17.4 Å². The summed E-state index contributed by atoms with van der Waals surface area (Å²) in [4.78, 5) is 76.2. The van der Waals surface area contributed by atoms with Crippen molar-refractivity contribution in [2.45, 2.75) is 101 Å². The predicted octanol–water partition coefficient (Wildman–Crippen LogP) is 4.33. The van der Waals surface area contributed by atoms with Gasteiger partial charge in [0.15, 0.2) is 0 Å². The molecule has 3 amide bonds. The molecule has 4 aromatic heterocycles. The second-order valence-corrected chi connectivity index (χ2v) is 20.7. The zero-order valence-corrected chi connectivity index (χ0v) is 39.4. The van der Waals surface area contributed by atoms with Gasteiger partial charge in [-0.1, -0.05) is 11.2 Å². The van der Waals surface area contributed by atoms with Crippen molar-refractivity contribution in [1.29, 1.82) is 5.26 Å². The molecule has 67 heavy (non-hydrogen) atoms. The van der Waals surface area contributed by atoms with Crippen molar-refractivity contribution in [1.82, 2.24) is 49.3 Å². The van der Waals surface area contributed by atoms with E-state index in [4.69, 9.17) is 20.2 Å². The van der Waals surface area contributed by atoms with Gasteiger partial charge in [-0.3, -0.25) is 33.7 Å². The topological polar surface area (TPSA) is 218 Å². The highest BCUT2D eigenvalue weighted by Crippen LogP contribution is 2.48. The Labute approximate surface area is 393 Å². The van der Waals surface area contributed by atoms with Crippen LogP contribution in [-0.2, 0) is 33.3 Å². The lowest BCUT2D eigenvalue weighted by molar-refractivity contribution is -0.136. The molecule has 5 aromatic rings. The van der Waals surface area contributed by atoms with Gasteiger partial charge in [-0.05, 0) is 120 Å². The lowest BCUT2D eigenvalue weighted by Gasteiger charge is -2.38. The largest absolute Gasteiger partial charge is 0.389 e. The molecular weight excluding hydrogens is 871 g/mol. The number of nitrogens with two attached hydrogens (primary N) is 1. The van der Waals surface area contributed by atoms with Crippen LogP contribution in [0, 0.1) is 17.2 Å². The first kappa shape index (κ1) is 44.8. The Morgan fingerprint density at radius 3 is 2.57 bits per heavy atom. The number of carbonyl (C=O) groups is 3. The molecule has 1 aliphatic carbocycles. The van der Waals surface area contributed by atoms with Crippen LogP contribution < -0.4 is 21.6 Å². The maximum absolute atomic E-state index is 13.7. The van der Waals surface area contributed by atoms with Crippen LogP contribution in [-0.4, -0.2) is 127 Å². The van der Waals surface area contributed by atoms with Crippen LogP contribution >= 0.6 is 11.3 Å². The molecule has 3 N–H and O–H groups in total. The Kier molecular flexibility index (Phi) is 12.2. The maximum Gasteiger partial charge on any atom is 0.329 e. The Morgan fingerprint density at radius 1 is 0.985 bits per heavy atom. The molecular formula is C48H59N13O5S. The Morgan fingerprint density at radius 2 is 1.79 bits per heavy atom. The van der Waals surface area contributed by atoms with E-state index in [1.54, 1.807) is 28.4 Å². The van der Waals surface area contributed by atoms with Crippen LogP contribution in [0.5, 0.6) is 0 Å². The molecule has 4 saturated heterocycles. The van der Waals surface area contributed by atoms with Crippen LogP contribution in [0.4, 0.5) is 10.9 Å². The number of likely N-dealkylation sites (tertiary alicyclic amines) is 2. The molecule has 0 saturated carbocycles. The highest BCUT2D eigenvalue weighted by Gasteiger charge is 2.43. The molecule has 3 atom stereocenters. The fourth-order valence-corrected chi connectivity index (χ4v) is 12.7. The zero-order valence-electron chi connectivity index (χ0n) is 38.6. The Balaban J connectivity index is 0.700. The summed E-state index contributed by atoms with van der Waals surface area (Å²) in [5.74, 6) is 1.80. The van der Waals surface area contributed by atoms with E-state index in [2.05, 4.69) is 67.1 Å². The second-order valence-electron chi connectivity index (χ2n) is 19.6. The van der Waals surface area contributed by atoms with Crippen molar-refractivity contribution in [3.63, 3.8) is 0 Å². The number of piperidine rings is 3. The summed E-state index contributed by atoms with van der Waals surface area (Å²) in [6.45, 7) is 11.5. The molecule has 4 aliphatic heterocycles. The minimum atomic E-state index is -0.695. The third kappa shape index (κ3) is 8.52. The van der Waals surface area contributed by atoms with E-state index in [0.29, 0.717) is 65.3 Å². The van der Waals surface area contributed by atoms with Crippen molar-refractivity contribution >= 4 is 51.0 Å². The van der Waals surface area contributed by atoms with E-state index >= 15 is 0 Å². The van der Waals surface area contributed by atoms with Gasteiger partial charge in [0.05, 0.1) is 28.6 Å². The van der Waals surface area contributed by atoms with Crippen molar-refractivity contribution < 1.29 is 18.9 Å². The van der Waals surface area contributed by atoms with Gasteiger partial charge in [-0.15, -0.1) is 11.3 Å². The number of amides is 3. The molecule has 19 heteroatoms. The molecule has 1 unspecified atom stereocenters. The third-order valence-corrected chi connectivity index (χ3v) is 16.3. The minimum Gasteiger partial charge on any atom is -0.389 e. The number of hydrogen-bond donors (Lipinski definition) is 2. The number of rotatable bonds is 9. The van der Waals surface area contributed by atoms with E-state index in [-0.39, 0.29) is 30.0 Å². The van der Waals surface area contributed by atoms with Gasteiger partial charge in [0.2, 0.25) is 35.4 Å². The summed E-state index contributed by atoms with van der Waals surface area (Å²) in [5.41, 5.74) is 10.1. The van der Waals surface area contributed by atoms with Crippen LogP contribution in [0.1, 0.15) is 111 Å². The van der Waals surface area contributed by atoms with E-state index in [0.717, 1.165) is 119 Å². The number of hydrogen-bond acceptors (Lipinski definition) is 15. The summed E-state index contributed by atoms with van der Waals surface area (Å²) >= 11 is 1.48. The summed E-state index contributed by atoms with van der Waals surface area (Å²) in [6.07, 6.45) is 9.73. The molecule has 4 fully saturated rings. The lowest BCUT2D eigenvalue weighted by Crippen LogP contribution is -2.47. The van der Waals surface area contributed by atoms with Gasteiger partial charge in [-0.25, -0.2) is 14.8 Å². The smallest absolute Gasteiger partial charge is 0.329 e. The molecule has 352 valence electrons. The fraction of sp³-hybridized carbons (Fsp3) is 0.562. The zero-order chi connectivity index (χ0) is 46.6. The number of thiophene rings is 1. The number of nitrogen functional groups attached to an aromatic ring is 1. The number of nitrogens with zero attached hydrogens (tertiary/aromatic N) is 11. The highest BCUT2D eigenvalue weighted by molar-refractivity contribution is 7.16. The van der Waals surface area contributed by atoms with Gasteiger partial charge < -0.3 is 25.0 Å². The van der Waals surface area contributed by atoms with Crippen LogP contribution in [0.25, 0.3) is 22.6 Å². The molecule has 1 aromatic carbocycles. The number of nitrogens with one attached hydrogen (secondary N) is 1. The molecule has 0 radical (unpaired) electrons. The quantitative estimate of drug-likeness (QED) is 0.197. The standard InChI is InChI=1S/C48H59N13O5S/c1-29-26-58(18-5-19-60(29)46-51-17-11-34(52-46)43-54-45(66-55-43)48(2)16-4-6-38-41(48)33(25-49)42(50)67-38)28-40(63)59-22-12-30(13-23-59)27-57-20-14-31(15-21-57)32-7-8-35-37(24-32)61(47(65)56(35)3)36-9-10-39(62)53-44(36)64/h7-8,11,17,24,29-31,36H,4-6,9-10,12-16,18-23,26-28,50H2,1-3H3,(H,53,62,64)/t29-,36?,48-/m0/s1. The Hall–Kier alpha value is -5.97. The number of carbonyl (C=O) groups excluding carboxylic acids is 3. The van der Waals surface area contributed by atoms with Crippen LogP contribution in [0.15, 0.2) is 39.8 Å². The van der Waals surface area contributed by atoms with Crippen LogP contribution in [0.2, 0.25) is 0 Å². The molecule has 8 heterocycles. The molecule has 10 rings (SSSR count). The Bertz CT molecular complexity index is 2810. The lowest BCUT2D eigenvalue weighted by atomic mass is 9.72. The second kappa shape index (κ2) is 18.3. The average molecular weight is 930 g/mol. The van der Waals surface area contributed by atoms with E-state index in [1.807, 2.05) is 6.07 Å². The number of nitriles is 1. The van der Waals surface area contributed by atoms with Gasteiger partial charge in [-0.2, -0.15) is 10.2 Å². The summed E-state index contributed by atoms with van der Waals surface area (Å²) in [7, 11) is 1.73.